The molecule has 1 aliphatic heterocycles. The number of ether oxygens (including phenoxy) is 1. The third kappa shape index (κ3) is 3.53. The molecule has 0 saturated carbocycles. The molecule has 2 N–H and O–H groups in total. The lowest BCUT2D eigenvalue weighted by atomic mass is 10.2. The van der Waals surface area contributed by atoms with E-state index in [0.717, 1.165) is 4.90 Å². The zero-order valence-electron chi connectivity index (χ0n) is 13.5. The fraction of sp³-hybridized carbons (Fsp3) is 0.235. The van der Waals surface area contributed by atoms with Crippen LogP contribution in [0.2, 0.25) is 0 Å². The van der Waals surface area contributed by atoms with E-state index in [0.29, 0.717) is 18.0 Å². The van der Waals surface area contributed by atoms with Crippen molar-refractivity contribution in [2.24, 2.45) is 0 Å². The van der Waals surface area contributed by atoms with E-state index in [1.54, 1.807) is 30.3 Å². The number of benzene rings is 1. The van der Waals surface area contributed by atoms with Gasteiger partial charge in [-0.05, 0) is 43.3 Å². The van der Waals surface area contributed by atoms with Crippen LogP contribution in [-0.4, -0.2) is 30.4 Å². The molecule has 0 bridgehead atoms. The van der Waals surface area contributed by atoms with Gasteiger partial charge < -0.3 is 9.15 Å². The Labute approximate surface area is 143 Å². The van der Waals surface area contributed by atoms with Crippen molar-refractivity contribution in [3.8, 4) is 5.75 Å². The number of nitrogens with zero attached hydrogens (tertiary/aromatic N) is 1. The average molecular weight is 343 g/mol. The van der Waals surface area contributed by atoms with Gasteiger partial charge in [-0.25, -0.2) is 10.3 Å². The average Bonchev–Trinajstić information content (AvgIpc) is 3.23. The van der Waals surface area contributed by atoms with E-state index in [9.17, 15) is 14.4 Å². The van der Waals surface area contributed by atoms with E-state index < -0.39 is 17.9 Å². The van der Waals surface area contributed by atoms with Crippen LogP contribution >= 0.6 is 0 Å². The molecule has 1 aliphatic rings. The molecule has 2 heterocycles. The lowest BCUT2D eigenvalue weighted by Gasteiger charge is -2.16. The maximum absolute atomic E-state index is 12.5. The van der Waals surface area contributed by atoms with Crippen LogP contribution in [0.3, 0.4) is 0 Å². The molecule has 1 unspecified atom stereocenters. The summed E-state index contributed by atoms with van der Waals surface area (Å²) >= 11 is 0. The first-order valence-corrected chi connectivity index (χ1v) is 7.79. The fourth-order valence-corrected chi connectivity index (χ4v) is 2.50. The molecule has 3 amide bonds. The summed E-state index contributed by atoms with van der Waals surface area (Å²) in [5.41, 5.74) is 5.42. The van der Waals surface area contributed by atoms with Crippen molar-refractivity contribution >= 4 is 23.4 Å². The molecule has 0 spiro atoms. The van der Waals surface area contributed by atoms with E-state index in [1.807, 2.05) is 6.92 Å². The monoisotopic (exact) mass is 343 g/mol. The molecule has 1 saturated heterocycles. The highest BCUT2D eigenvalue weighted by molar-refractivity contribution is 6.22. The van der Waals surface area contributed by atoms with Gasteiger partial charge in [0.25, 0.3) is 5.91 Å². The predicted octanol–water partition coefficient (Wildman–Crippen LogP) is 1.24. The molecule has 1 aromatic heterocycles. The van der Waals surface area contributed by atoms with Crippen LogP contribution in [0, 0.1) is 0 Å². The summed E-state index contributed by atoms with van der Waals surface area (Å²) in [5.74, 6) is -0.545. The predicted molar refractivity (Wildman–Crippen MR) is 87.8 cm³/mol. The number of furan rings is 1. The first kappa shape index (κ1) is 16.7. The molecule has 0 aliphatic carbocycles. The van der Waals surface area contributed by atoms with Crippen LogP contribution in [0.1, 0.15) is 23.9 Å². The Morgan fingerprint density at radius 3 is 2.68 bits per heavy atom. The number of carbonyl (C=O) groups is 3. The van der Waals surface area contributed by atoms with E-state index in [-0.39, 0.29) is 18.1 Å². The highest BCUT2D eigenvalue weighted by atomic mass is 16.5. The van der Waals surface area contributed by atoms with E-state index in [1.165, 1.54) is 12.3 Å². The molecular formula is C17H17N3O5. The number of hydrogen-bond donors (Lipinski definition) is 2. The lowest BCUT2D eigenvalue weighted by molar-refractivity contribution is -0.121. The van der Waals surface area contributed by atoms with Crippen molar-refractivity contribution in [3.63, 3.8) is 0 Å². The summed E-state index contributed by atoms with van der Waals surface area (Å²) in [5, 5.41) is 0. The summed E-state index contributed by atoms with van der Waals surface area (Å²) in [6.45, 7) is 2.40. The van der Waals surface area contributed by atoms with Crippen LogP contribution in [0.15, 0.2) is 47.1 Å². The van der Waals surface area contributed by atoms with Crippen molar-refractivity contribution in [1.29, 1.82) is 0 Å². The Hall–Kier alpha value is -3.13. The van der Waals surface area contributed by atoms with Crippen LogP contribution in [0.25, 0.3) is 0 Å². The smallest absolute Gasteiger partial charge is 0.301 e. The third-order valence-electron chi connectivity index (χ3n) is 3.66. The van der Waals surface area contributed by atoms with Gasteiger partial charge in [0.15, 0.2) is 5.76 Å². The van der Waals surface area contributed by atoms with E-state index in [4.69, 9.17) is 9.15 Å². The molecule has 1 fully saturated rings. The van der Waals surface area contributed by atoms with Gasteiger partial charge in [-0.1, -0.05) is 0 Å². The van der Waals surface area contributed by atoms with Gasteiger partial charge >= 0.3 is 5.91 Å². The minimum absolute atomic E-state index is 0.0511. The molecule has 1 atom stereocenters. The number of hydrogen-bond acceptors (Lipinski definition) is 6. The van der Waals surface area contributed by atoms with Gasteiger partial charge in [-0.15, -0.1) is 0 Å². The molecule has 25 heavy (non-hydrogen) atoms. The van der Waals surface area contributed by atoms with Gasteiger partial charge in [0, 0.05) is 0 Å². The molecule has 0 radical (unpaired) electrons. The Morgan fingerprint density at radius 1 is 1.28 bits per heavy atom. The first-order chi connectivity index (χ1) is 12.1. The Morgan fingerprint density at radius 2 is 2.04 bits per heavy atom. The molecule has 3 rings (SSSR count). The van der Waals surface area contributed by atoms with Gasteiger partial charge in [-0.2, -0.15) is 0 Å². The van der Waals surface area contributed by atoms with Gasteiger partial charge in [0.2, 0.25) is 5.91 Å². The summed E-state index contributed by atoms with van der Waals surface area (Å²) in [6.07, 6.45) is 1.32. The van der Waals surface area contributed by atoms with Gasteiger partial charge in [-0.3, -0.25) is 19.8 Å². The summed E-state index contributed by atoms with van der Waals surface area (Å²) in [7, 11) is 0. The number of anilines is 1. The van der Waals surface area contributed by atoms with Crippen molar-refractivity contribution in [3.05, 3.63) is 48.4 Å². The van der Waals surface area contributed by atoms with Crippen molar-refractivity contribution < 1.29 is 23.5 Å². The zero-order chi connectivity index (χ0) is 17.8. The SMILES string of the molecule is CCOc1ccc(N2C(=O)CC(NNC(=O)c3ccco3)C2=O)cc1. The normalized spacial score (nSPS) is 17.0. The minimum Gasteiger partial charge on any atom is -0.494 e. The van der Waals surface area contributed by atoms with E-state index in [2.05, 4.69) is 10.9 Å². The number of amides is 3. The molecule has 130 valence electrons. The van der Waals surface area contributed by atoms with E-state index >= 15 is 0 Å². The molecule has 2 aromatic rings. The third-order valence-corrected chi connectivity index (χ3v) is 3.66. The largest absolute Gasteiger partial charge is 0.494 e. The van der Waals surface area contributed by atoms with Crippen LogP contribution in [0.4, 0.5) is 5.69 Å². The molecule has 1 aromatic carbocycles. The number of hydrazine groups is 1. The second-order valence-corrected chi connectivity index (χ2v) is 5.33. The van der Waals surface area contributed by atoms with Crippen LogP contribution in [-0.2, 0) is 9.59 Å². The van der Waals surface area contributed by atoms with Gasteiger partial charge in [0.05, 0.1) is 25.0 Å². The Balaban J connectivity index is 1.64. The summed E-state index contributed by atoms with van der Waals surface area (Å²) in [6, 6.07) is 8.91. The number of rotatable bonds is 6. The molecule has 8 heteroatoms. The lowest BCUT2D eigenvalue weighted by Crippen LogP contribution is -2.48. The molecule has 8 nitrogen and oxygen atoms in total. The number of carbonyl (C=O) groups excluding carboxylic acids is 3. The quantitative estimate of drug-likeness (QED) is 0.605. The van der Waals surface area contributed by atoms with Crippen molar-refractivity contribution in [2.45, 2.75) is 19.4 Å². The standard InChI is InChI=1S/C17H17N3O5/c1-2-24-12-7-5-11(6-8-12)20-15(21)10-13(17(20)23)18-19-16(22)14-4-3-9-25-14/h3-9,13,18H,2,10H2,1H3,(H,19,22). The summed E-state index contributed by atoms with van der Waals surface area (Å²) in [4.78, 5) is 37.5. The second-order valence-electron chi connectivity index (χ2n) is 5.33. The summed E-state index contributed by atoms with van der Waals surface area (Å²) < 4.78 is 10.3. The maximum Gasteiger partial charge on any atom is 0.301 e. The fourth-order valence-electron chi connectivity index (χ4n) is 2.50. The zero-order valence-corrected chi connectivity index (χ0v) is 13.5. The van der Waals surface area contributed by atoms with Crippen LogP contribution in [0.5, 0.6) is 5.75 Å². The topological polar surface area (TPSA) is 101 Å². The second kappa shape index (κ2) is 7.18. The highest BCUT2D eigenvalue weighted by Gasteiger charge is 2.39. The van der Waals surface area contributed by atoms with Crippen molar-refractivity contribution in [2.75, 3.05) is 11.5 Å². The highest BCUT2D eigenvalue weighted by Crippen LogP contribution is 2.25. The first-order valence-electron chi connectivity index (χ1n) is 7.79. The van der Waals surface area contributed by atoms with Crippen molar-refractivity contribution in [1.82, 2.24) is 10.9 Å². The number of nitrogens with one attached hydrogen (secondary N) is 2. The Kier molecular flexibility index (Phi) is 4.80. The van der Waals surface area contributed by atoms with Gasteiger partial charge in [0.1, 0.15) is 11.8 Å². The Bertz CT molecular complexity index is 770. The maximum atomic E-state index is 12.5. The molecular weight excluding hydrogens is 326 g/mol. The minimum atomic E-state index is -0.835. The number of imide groups is 1. The van der Waals surface area contributed by atoms with Crippen LogP contribution < -0.4 is 20.5 Å².